The Labute approximate surface area is 33.1 Å². The van der Waals surface area contributed by atoms with Crippen molar-refractivity contribution in [3.63, 3.8) is 0 Å². The Morgan fingerprint density at radius 2 is 2.60 bits per heavy atom. The first-order valence-electron chi connectivity index (χ1n) is 1.66. The molecule has 1 heterocycles. The van der Waals surface area contributed by atoms with E-state index in [0.717, 1.165) is 6.67 Å². The fourth-order valence-electron chi connectivity index (χ4n) is 0.312. The first-order chi connectivity index (χ1) is 2.50. The Bertz CT molecular complexity index is 18.5. The summed E-state index contributed by atoms with van der Waals surface area (Å²) in [5.41, 5.74) is 2.92. The Morgan fingerprint density at radius 3 is 2.80 bits per heavy atom. The van der Waals surface area contributed by atoms with Crippen LogP contribution >= 0.6 is 0 Å². The van der Waals surface area contributed by atoms with Crippen LogP contribution in [0.4, 0.5) is 0 Å². The molecule has 5 heavy (non-hydrogen) atoms. The summed E-state index contributed by atoms with van der Waals surface area (Å²) in [5, 5.41) is 3.00. The van der Waals surface area contributed by atoms with E-state index in [9.17, 15) is 0 Å². The minimum atomic E-state index is -0.0679. The molecule has 4 heteroatoms. The maximum atomic E-state index is 3.14. The molecule has 30 valence electrons. The van der Waals surface area contributed by atoms with Crippen molar-refractivity contribution in [1.82, 2.24) is 15.5 Å². The van der Waals surface area contributed by atoms with Crippen molar-refractivity contribution in [2.45, 2.75) is 0 Å². The van der Waals surface area contributed by atoms with Crippen molar-refractivity contribution < 1.29 is 0 Å². The van der Waals surface area contributed by atoms with Crippen LogP contribution < -0.4 is 15.5 Å². The number of hydrogen-bond acceptors (Lipinski definition) is 3. The van der Waals surface area contributed by atoms with Gasteiger partial charge in [-0.15, -0.1) is 0 Å². The average molecular weight is 89.2 g/mol. The largest absolute Gasteiger partial charge is 0.317 e. The Morgan fingerprint density at radius 1 is 1.60 bits per heavy atom. The Balaban J connectivity index is 2.08. The highest BCUT2D eigenvalue weighted by Gasteiger charge is 1.90. The third-order valence-electron chi connectivity index (χ3n) is 0.552. The van der Waals surface area contributed by atoms with E-state index in [-0.39, 0.29) is 9.84 Å². The zero-order chi connectivity index (χ0) is 3.54. The normalized spacial score (nSPS) is 28.8. The maximum Gasteiger partial charge on any atom is 0.183 e. The second kappa shape index (κ2) is 1.51. The molecule has 1 aliphatic rings. The molecule has 0 aliphatic carbocycles. The van der Waals surface area contributed by atoms with E-state index in [1.807, 2.05) is 0 Å². The van der Waals surface area contributed by atoms with E-state index in [1.165, 1.54) is 0 Å². The molecule has 3 N–H and O–H groups in total. The molecule has 1 rings (SSSR count). The van der Waals surface area contributed by atoms with Crippen molar-refractivity contribution in [2.75, 3.05) is 6.67 Å². The fraction of sp³-hybridized carbons (Fsp3) is 1.00. The molecule has 1 aliphatic heterocycles. The Kier molecular flexibility index (Phi) is 0.996. The predicted octanol–water partition coefficient (Wildman–Crippen LogP) is -2.36. The lowest BCUT2D eigenvalue weighted by Gasteiger charge is -1.79. The summed E-state index contributed by atoms with van der Waals surface area (Å²) >= 11 is 0. The highest BCUT2D eigenvalue weighted by molar-refractivity contribution is 6.29. The highest BCUT2D eigenvalue weighted by Crippen LogP contribution is 1.48. The van der Waals surface area contributed by atoms with Crippen LogP contribution in [0.5, 0.6) is 0 Å². The minimum Gasteiger partial charge on any atom is -0.317 e. The van der Waals surface area contributed by atoms with E-state index in [4.69, 9.17) is 0 Å². The average Bonchev–Trinajstić information content (AvgIpc) is 1.76. The monoisotopic (exact) mass is 89.0 g/mol. The van der Waals surface area contributed by atoms with Crippen molar-refractivity contribution in [1.29, 1.82) is 0 Å². The second-order valence-corrected chi connectivity index (χ2v) is 2.16. The van der Waals surface area contributed by atoms with Gasteiger partial charge in [0.2, 0.25) is 0 Å². The van der Waals surface area contributed by atoms with Crippen LogP contribution in [-0.2, 0) is 0 Å². The van der Waals surface area contributed by atoms with Gasteiger partial charge >= 0.3 is 0 Å². The number of rotatable bonds is 0. The van der Waals surface area contributed by atoms with Crippen LogP contribution in [-0.4, -0.2) is 16.5 Å². The van der Waals surface area contributed by atoms with Gasteiger partial charge in [0.05, 0.1) is 6.67 Å². The number of hydrogen-bond donors (Lipinski definition) is 3. The number of hydrazine groups is 1. The van der Waals surface area contributed by atoms with Crippen molar-refractivity contribution in [2.24, 2.45) is 0 Å². The summed E-state index contributed by atoms with van der Waals surface area (Å²) in [6.45, 7) is 0.951. The third kappa shape index (κ3) is 0.693. The van der Waals surface area contributed by atoms with Gasteiger partial charge in [0, 0.05) is 0 Å². The molecule has 3 nitrogen and oxygen atoms in total. The molecule has 0 aromatic heterocycles. The van der Waals surface area contributed by atoms with Gasteiger partial charge in [-0.25, -0.2) is 0 Å². The molecule has 1 saturated heterocycles. The summed E-state index contributed by atoms with van der Waals surface area (Å²) in [6.07, 6.45) is 0. The van der Waals surface area contributed by atoms with Crippen LogP contribution in [0.2, 0.25) is 0 Å². The lowest BCUT2D eigenvalue weighted by Crippen LogP contribution is -2.23. The van der Waals surface area contributed by atoms with Crippen LogP contribution in [0.1, 0.15) is 0 Å². The molecule has 0 bridgehead atoms. The van der Waals surface area contributed by atoms with Gasteiger partial charge in [-0.05, 0) is 0 Å². The summed E-state index contributed by atoms with van der Waals surface area (Å²) < 4.78 is 0. The molecule has 0 spiro atoms. The van der Waals surface area contributed by atoms with E-state index in [0.29, 0.717) is 0 Å². The van der Waals surface area contributed by atoms with Crippen molar-refractivity contribution >= 4 is 9.84 Å². The molecule has 0 amide bonds. The van der Waals surface area contributed by atoms with Crippen molar-refractivity contribution in [3.8, 4) is 0 Å². The second-order valence-electron chi connectivity index (χ2n) is 0.957. The lowest BCUT2D eigenvalue weighted by molar-refractivity contribution is 0.726. The molecule has 0 unspecified atom stereocenters. The zero-order valence-corrected chi connectivity index (χ0v) is 4.33. The standard InChI is InChI=1S/CH7N3Si/c1-2-4-5-3-1/h2-4H,1,5H2. The van der Waals surface area contributed by atoms with Crippen LogP contribution in [0, 0.1) is 0 Å². The topological polar surface area (TPSA) is 36.1 Å². The minimum absolute atomic E-state index is 0.0679. The summed E-state index contributed by atoms with van der Waals surface area (Å²) in [6, 6.07) is 0. The molecule has 0 saturated carbocycles. The maximum absolute atomic E-state index is 3.14. The molecule has 0 radical (unpaired) electrons. The van der Waals surface area contributed by atoms with E-state index < -0.39 is 0 Å². The SMILES string of the molecule is C1NN[SiH2]N1. The quantitative estimate of drug-likeness (QED) is 0.291. The van der Waals surface area contributed by atoms with Crippen LogP contribution in [0.15, 0.2) is 0 Å². The summed E-state index contributed by atoms with van der Waals surface area (Å²) in [5.74, 6) is 0. The van der Waals surface area contributed by atoms with Crippen LogP contribution in [0.25, 0.3) is 0 Å². The van der Waals surface area contributed by atoms with Crippen LogP contribution in [0.3, 0.4) is 0 Å². The molecule has 0 aromatic rings. The smallest absolute Gasteiger partial charge is 0.183 e. The van der Waals surface area contributed by atoms with Gasteiger partial charge in [0.25, 0.3) is 0 Å². The zero-order valence-electron chi connectivity index (χ0n) is 2.91. The first kappa shape index (κ1) is 3.29. The predicted molar refractivity (Wildman–Crippen MR) is 22.8 cm³/mol. The lowest BCUT2D eigenvalue weighted by atomic mass is 11.2. The fourth-order valence-corrected chi connectivity index (χ4v) is 0.937. The molecule has 0 aromatic carbocycles. The van der Waals surface area contributed by atoms with E-state index >= 15 is 0 Å². The summed E-state index contributed by atoms with van der Waals surface area (Å²) in [4.78, 5) is 3.14. The van der Waals surface area contributed by atoms with E-state index in [1.54, 1.807) is 0 Å². The first-order valence-corrected chi connectivity index (χ1v) is 3.08. The van der Waals surface area contributed by atoms with Gasteiger partial charge in [-0.2, -0.15) is 0 Å². The molecular formula is CH7N3Si. The molecular weight excluding hydrogens is 82.1 g/mol. The summed E-state index contributed by atoms with van der Waals surface area (Å²) in [7, 11) is -0.0679. The Hall–Kier alpha value is 0.0969. The third-order valence-corrected chi connectivity index (χ3v) is 1.48. The van der Waals surface area contributed by atoms with Gasteiger partial charge in [0.15, 0.2) is 9.84 Å². The van der Waals surface area contributed by atoms with E-state index in [2.05, 4.69) is 15.5 Å². The molecule has 1 fully saturated rings. The molecule has 0 atom stereocenters. The van der Waals surface area contributed by atoms with Gasteiger partial charge in [-0.3, -0.25) is 10.5 Å². The van der Waals surface area contributed by atoms with Crippen molar-refractivity contribution in [3.05, 3.63) is 0 Å². The van der Waals surface area contributed by atoms with Gasteiger partial charge in [-0.1, -0.05) is 0 Å². The van der Waals surface area contributed by atoms with Gasteiger partial charge < -0.3 is 4.98 Å². The van der Waals surface area contributed by atoms with Gasteiger partial charge in [0.1, 0.15) is 0 Å². The number of nitrogens with one attached hydrogen (secondary N) is 3. The highest BCUT2D eigenvalue weighted by atomic mass is 28.2.